The van der Waals surface area contributed by atoms with Crippen molar-refractivity contribution in [2.45, 2.75) is 44.3 Å². The van der Waals surface area contributed by atoms with Crippen LogP contribution in [0.2, 0.25) is 0 Å². The lowest BCUT2D eigenvalue weighted by molar-refractivity contribution is -0.0723. The largest absolute Gasteiger partial charge is 0.380 e. The molecule has 2 fully saturated rings. The summed E-state index contributed by atoms with van der Waals surface area (Å²) in [6.07, 6.45) is 6.67. The molecule has 0 bridgehead atoms. The quantitative estimate of drug-likeness (QED) is 0.813. The van der Waals surface area contributed by atoms with Gasteiger partial charge in [-0.25, -0.2) is 4.39 Å². The summed E-state index contributed by atoms with van der Waals surface area (Å²) in [5, 5.41) is 7.87. The second kappa shape index (κ2) is 4.72. The molecule has 0 unspecified atom stereocenters. The van der Waals surface area contributed by atoms with E-state index in [0.717, 1.165) is 12.8 Å². The van der Waals surface area contributed by atoms with Crippen molar-refractivity contribution >= 4 is 0 Å². The molecule has 3 rings (SSSR count). The van der Waals surface area contributed by atoms with E-state index < -0.39 is 6.17 Å². The molecule has 1 saturated heterocycles. The summed E-state index contributed by atoms with van der Waals surface area (Å²) in [6, 6.07) is 0.396. The van der Waals surface area contributed by atoms with Crippen molar-refractivity contribution in [1.82, 2.24) is 14.8 Å². The second-order valence-electron chi connectivity index (χ2n) is 5.09. The van der Waals surface area contributed by atoms with Crippen molar-refractivity contribution in [3.63, 3.8) is 0 Å². The van der Waals surface area contributed by atoms with E-state index in [0.29, 0.717) is 25.1 Å². The SMILES string of the molecule is F[C@@H](c1nncn1C1CCCCC1)C1COC1. The molecule has 1 atom stereocenters. The van der Waals surface area contributed by atoms with Gasteiger partial charge in [0.2, 0.25) is 0 Å². The third kappa shape index (κ3) is 2.08. The van der Waals surface area contributed by atoms with Crippen LogP contribution < -0.4 is 0 Å². The van der Waals surface area contributed by atoms with Crippen LogP contribution in [0.25, 0.3) is 0 Å². The summed E-state index contributed by atoms with van der Waals surface area (Å²) in [4.78, 5) is 0. The molecule has 1 aliphatic carbocycles. The molecule has 17 heavy (non-hydrogen) atoms. The molecule has 2 aliphatic rings. The molecular formula is C12H18FN3O. The average molecular weight is 239 g/mol. The van der Waals surface area contributed by atoms with E-state index in [9.17, 15) is 4.39 Å². The molecule has 1 saturated carbocycles. The minimum absolute atomic E-state index is 0.0264. The van der Waals surface area contributed by atoms with Crippen LogP contribution in [0, 0.1) is 5.92 Å². The lowest BCUT2D eigenvalue weighted by Crippen LogP contribution is -2.33. The van der Waals surface area contributed by atoms with E-state index in [4.69, 9.17) is 4.74 Å². The predicted octanol–water partition coefficient (Wildman–Crippen LogP) is 2.44. The highest BCUT2D eigenvalue weighted by molar-refractivity contribution is 4.98. The molecule has 0 spiro atoms. The van der Waals surface area contributed by atoms with Gasteiger partial charge in [0, 0.05) is 12.0 Å². The van der Waals surface area contributed by atoms with E-state index in [2.05, 4.69) is 10.2 Å². The summed E-state index contributed by atoms with van der Waals surface area (Å²) >= 11 is 0. The molecule has 1 aromatic rings. The van der Waals surface area contributed by atoms with Crippen molar-refractivity contribution < 1.29 is 9.13 Å². The predicted molar refractivity (Wildman–Crippen MR) is 60.3 cm³/mol. The zero-order chi connectivity index (χ0) is 11.7. The Labute approximate surface area is 100 Å². The Morgan fingerprint density at radius 1 is 1.29 bits per heavy atom. The summed E-state index contributed by atoms with van der Waals surface area (Å²) < 4.78 is 21.2. The molecule has 0 amide bonds. The van der Waals surface area contributed by atoms with Gasteiger partial charge in [-0.3, -0.25) is 0 Å². The number of aromatic nitrogens is 3. The Bertz CT molecular complexity index is 355. The van der Waals surface area contributed by atoms with Gasteiger partial charge in [0.15, 0.2) is 12.0 Å². The maximum absolute atomic E-state index is 14.2. The molecular weight excluding hydrogens is 221 g/mol. The van der Waals surface area contributed by atoms with Crippen LogP contribution in [0.15, 0.2) is 6.33 Å². The minimum Gasteiger partial charge on any atom is -0.380 e. The van der Waals surface area contributed by atoms with Gasteiger partial charge in [-0.2, -0.15) is 0 Å². The van der Waals surface area contributed by atoms with Crippen LogP contribution in [0.3, 0.4) is 0 Å². The number of alkyl halides is 1. The Hall–Kier alpha value is -0.970. The second-order valence-corrected chi connectivity index (χ2v) is 5.09. The highest BCUT2D eigenvalue weighted by Gasteiger charge is 2.34. The van der Waals surface area contributed by atoms with Gasteiger partial charge >= 0.3 is 0 Å². The monoisotopic (exact) mass is 239 g/mol. The van der Waals surface area contributed by atoms with E-state index in [1.807, 2.05) is 4.57 Å². The van der Waals surface area contributed by atoms with Crippen molar-refractivity contribution in [2.24, 2.45) is 5.92 Å². The highest BCUT2D eigenvalue weighted by atomic mass is 19.1. The van der Waals surface area contributed by atoms with Crippen molar-refractivity contribution in [3.05, 3.63) is 12.2 Å². The summed E-state index contributed by atoms with van der Waals surface area (Å²) in [5.74, 6) is 0.478. The fraction of sp³-hybridized carbons (Fsp3) is 0.833. The number of ether oxygens (including phenoxy) is 1. The van der Waals surface area contributed by atoms with Gasteiger partial charge in [0.1, 0.15) is 6.33 Å². The molecule has 4 nitrogen and oxygen atoms in total. The van der Waals surface area contributed by atoms with Crippen LogP contribution in [0.4, 0.5) is 4.39 Å². The normalized spacial score (nSPS) is 24.5. The third-order valence-electron chi connectivity index (χ3n) is 3.89. The van der Waals surface area contributed by atoms with Crippen molar-refractivity contribution in [3.8, 4) is 0 Å². The molecule has 1 aliphatic heterocycles. The first-order chi connectivity index (χ1) is 8.36. The molecule has 0 aromatic carbocycles. The number of nitrogens with zero attached hydrogens (tertiary/aromatic N) is 3. The smallest absolute Gasteiger partial charge is 0.168 e. The summed E-state index contributed by atoms with van der Waals surface area (Å²) in [5.41, 5.74) is 0. The number of halogens is 1. The minimum atomic E-state index is -1.02. The van der Waals surface area contributed by atoms with Crippen LogP contribution in [0.5, 0.6) is 0 Å². The lowest BCUT2D eigenvalue weighted by atomic mass is 9.94. The standard InChI is InChI=1S/C12H18FN3O/c13-11(9-6-17-7-9)12-15-14-8-16(12)10-4-2-1-3-5-10/h8-11H,1-7H2/t11-/m1/s1. The van der Waals surface area contributed by atoms with E-state index in [1.54, 1.807) is 6.33 Å². The van der Waals surface area contributed by atoms with Gasteiger partial charge in [0.25, 0.3) is 0 Å². The van der Waals surface area contributed by atoms with Crippen LogP contribution >= 0.6 is 0 Å². The average Bonchev–Trinajstić information content (AvgIpc) is 2.76. The molecule has 94 valence electrons. The number of hydrogen-bond acceptors (Lipinski definition) is 3. The zero-order valence-corrected chi connectivity index (χ0v) is 9.89. The Balaban J connectivity index is 1.77. The molecule has 1 aromatic heterocycles. The Kier molecular flexibility index (Phi) is 3.09. The Morgan fingerprint density at radius 3 is 2.71 bits per heavy atom. The van der Waals surface area contributed by atoms with Crippen LogP contribution in [-0.2, 0) is 4.74 Å². The van der Waals surface area contributed by atoms with Gasteiger partial charge in [-0.1, -0.05) is 19.3 Å². The maximum Gasteiger partial charge on any atom is 0.168 e. The van der Waals surface area contributed by atoms with Gasteiger partial charge in [0.05, 0.1) is 13.2 Å². The molecule has 2 heterocycles. The Morgan fingerprint density at radius 2 is 2.06 bits per heavy atom. The van der Waals surface area contributed by atoms with E-state index in [1.165, 1.54) is 19.3 Å². The van der Waals surface area contributed by atoms with Crippen molar-refractivity contribution in [2.75, 3.05) is 13.2 Å². The maximum atomic E-state index is 14.2. The fourth-order valence-corrected chi connectivity index (χ4v) is 2.72. The van der Waals surface area contributed by atoms with E-state index >= 15 is 0 Å². The number of rotatable bonds is 3. The van der Waals surface area contributed by atoms with Crippen LogP contribution in [-0.4, -0.2) is 28.0 Å². The van der Waals surface area contributed by atoms with Crippen LogP contribution in [0.1, 0.15) is 50.1 Å². The van der Waals surface area contributed by atoms with Gasteiger partial charge in [-0.05, 0) is 12.8 Å². The molecule has 5 heteroatoms. The topological polar surface area (TPSA) is 39.9 Å². The summed E-state index contributed by atoms with van der Waals surface area (Å²) in [6.45, 7) is 1.03. The molecule has 0 N–H and O–H groups in total. The van der Waals surface area contributed by atoms with Gasteiger partial charge < -0.3 is 9.30 Å². The van der Waals surface area contributed by atoms with E-state index in [-0.39, 0.29) is 5.92 Å². The third-order valence-corrected chi connectivity index (χ3v) is 3.89. The fourth-order valence-electron chi connectivity index (χ4n) is 2.72. The first-order valence-corrected chi connectivity index (χ1v) is 6.47. The zero-order valence-electron chi connectivity index (χ0n) is 9.89. The summed E-state index contributed by atoms with van der Waals surface area (Å²) in [7, 11) is 0. The highest BCUT2D eigenvalue weighted by Crippen LogP contribution is 2.34. The molecule has 0 radical (unpaired) electrons. The first-order valence-electron chi connectivity index (χ1n) is 6.47. The lowest BCUT2D eigenvalue weighted by Gasteiger charge is -2.30. The van der Waals surface area contributed by atoms with Crippen molar-refractivity contribution in [1.29, 1.82) is 0 Å². The van der Waals surface area contributed by atoms with Gasteiger partial charge in [-0.15, -0.1) is 10.2 Å². The number of hydrogen-bond donors (Lipinski definition) is 0. The first kappa shape index (κ1) is 11.1.